The van der Waals surface area contributed by atoms with Crippen molar-refractivity contribution in [2.45, 2.75) is 56.2 Å². The molecule has 5 atom stereocenters. The molecule has 0 aliphatic carbocycles. The smallest absolute Gasteiger partial charge is 0.328 e. The van der Waals surface area contributed by atoms with E-state index in [0.29, 0.717) is 0 Å². The molecule has 2 fully saturated rings. The summed E-state index contributed by atoms with van der Waals surface area (Å²) in [5.41, 5.74) is 0. The van der Waals surface area contributed by atoms with Gasteiger partial charge in [0.05, 0.1) is 0 Å². The molecule has 2 aliphatic rings. The van der Waals surface area contributed by atoms with Gasteiger partial charge in [0.25, 0.3) is 0 Å². The van der Waals surface area contributed by atoms with Gasteiger partial charge in [0.1, 0.15) is 29.4 Å². The molecule has 11 heteroatoms. The number of nitrogens with zero attached hydrogens (tertiary/aromatic N) is 1. The number of carbonyl (C=O) groups excluding carboxylic acids is 4. The lowest BCUT2D eigenvalue weighted by atomic mass is 10.1. The zero-order valence-electron chi connectivity index (χ0n) is 13.9. The molecule has 0 aromatic heterocycles. The van der Waals surface area contributed by atoms with Gasteiger partial charge in [0, 0.05) is 20.3 Å². The van der Waals surface area contributed by atoms with Crippen LogP contribution >= 0.6 is 15.9 Å². The minimum atomic E-state index is -1.51. The van der Waals surface area contributed by atoms with Gasteiger partial charge in [0.2, 0.25) is 5.91 Å². The van der Waals surface area contributed by atoms with E-state index >= 15 is 0 Å². The van der Waals surface area contributed by atoms with Gasteiger partial charge in [-0.15, -0.1) is 0 Å². The normalized spacial score (nSPS) is 35.3. The molecule has 0 radical (unpaired) electrons. The largest absolute Gasteiger partial charge is 0.463 e. The third kappa shape index (κ3) is 4.10. The van der Waals surface area contributed by atoms with Crippen LogP contribution in [0.4, 0.5) is 4.79 Å². The molecule has 2 N–H and O–H groups in total. The van der Waals surface area contributed by atoms with Crippen molar-refractivity contribution in [2.75, 3.05) is 6.61 Å². The molecule has 0 unspecified atom stereocenters. The molecule has 10 nitrogen and oxygen atoms in total. The topological polar surface area (TPSA) is 131 Å². The molecule has 25 heavy (non-hydrogen) atoms. The average molecular weight is 423 g/mol. The Morgan fingerprint density at radius 2 is 2.04 bits per heavy atom. The molecular weight excluding hydrogens is 404 g/mol. The fourth-order valence-corrected chi connectivity index (χ4v) is 2.94. The van der Waals surface area contributed by atoms with Crippen LogP contribution in [0.25, 0.3) is 0 Å². The molecule has 2 heterocycles. The highest BCUT2D eigenvalue weighted by atomic mass is 79.9. The zero-order chi connectivity index (χ0) is 18.9. The summed E-state index contributed by atoms with van der Waals surface area (Å²) >= 11 is 3.09. The van der Waals surface area contributed by atoms with E-state index in [4.69, 9.17) is 14.2 Å². The van der Waals surface area contributed by atoms with Crippen molar-refractivity contribution < 1.29 is 38.5 Å². The predicted molar refractivity (Wildman–Crippen MR) is 84.2 cm³/mol. The molecule has 0 bridgehead atoms. The Bertz CT molecular complexity index is 595. The molecule has 2 saturated heterocycles. The lowest BCUT2D eigenvalue weighted by molar-refractivity contribution is -0.162. The first-order chi connectivity index (χ1) is 11.5. The number of hydrogen-bond acceptors (Lipinski definition) is 8. The summed E-state index contributed by atoms with van der Waals surface area (Å²) in [7, 11) is 0. The summed E-state index contributed by atoms with van der Waals surface area (Å²) in [5, 5.41) is 12.5. The van der Waals surface area contributed by atoms with Gasteiger partial charge in [-0.05, 0) is 6.92 Å². The number of carbonyl (C=O) groups is 4. The number of hydrogen-bond donors (Lipinski definition) is 2. The second-order valence-corrected chi connectivity index (χ2v) is 7.58. The summed E-state index contributed by atoms with van der Waals surface area (Å²) in [4.78, 5) is 47.1. The van der Waals surface area contributed by atoms with Crippen LogP contribution in [0, 0.1) is 0 Å². The van der Waals surface area contributed by atoms with Crippen LogP contribution in [-0.4, -0.2) is 69.5 Å². The monoisotopic (exact) mass is 422 g/mol. The Kier molecular flexibility index (Phi) is 5.69. The summed E-state index contributed by atoms with van der Waals surface area (Å²) < 4.78 is 14.2. The van der Waals surface area contributed by atoms with Gasteiger partial charge < -0.3 is 19.3 Å². The Labute approximate surface area is 151 Å². The highest BCUT2D eigenvalue weighted by Gasteiger charge is 2.54. The van der Waals surface area contributed by atoms with E-state index in [2.05, 4.69) is 21.2 Å². The molecule has 0 saturated carbocycles. The van der Waals surface area contributed by atoms with Crippen LogP contribution in [0.2, 0.25) is 0 Å². The average Bonchev–Trinajstić information content (AvgIpc) is 2.85. The van der Waals surface area contributed by atoms with Crippen molar-refractivity contribution in [2.24, 2.45) is 0 Å². The number of ether oxygens (including phenoxy) is 3. The molecular formula is C14H19BrN2O8. The van der Waals surface area contributed by atoms with Crippen LogP contribution < -0.4 is 5.32 Å². The van der Waals surface area contributed by atoms with Gasteiger partial charge in [-0.2, -0.15) is 0 Å². The maximum Gasteiger partial charge on any atom is 0.328 e. The second-order valence-electron chi connectivity index (χ2n) is 5.93. The molecule has 2 aliphatic heterocycles. The van der Waals surface area contributed by atoms with Crippen molar-refractivity contribution in [1.29, 1.82) is 0 Å². The Hall–Kier alpha value is -1.72. The number of aliphatic hydroxyl groups is 1. The quantitative estimate of drug-likeness (QED) is 0.462. The lowest BCUT2D eigenvalue weighted by Crippen LogP contribution is -2.68. The standard InChI is InChI=1S/C14H19BrN2O8/c1-6(18)23-5-9-8(24-7(2)19)4-10(25-9)17-12(21)14(3,15)11(20)16-13(17)22/h8-10,12,21H,4-5H2,1-3H3,(H,16,20,22)/t8-,9+,10+,12+,14-/m0/s1. The van der Waals surface area contributed by atoms with E-state index < -0.39 is 52.9 Å². The van der Waals surface area contributed by atoms with E-state index in [0.717, 1.165) is 4.90 Å². The Morgan fingerprint density at radius 1 is 1.40 bits per heavy atom. The summed E-state index contributed by atoms with van der Waals surface area (Å²) in [6.07, 6.45) is -4.03. The first-order valence-corrected chi connectivity index (χ1v) is 8.30. The van der Waals surface area contributed by atoms with Gasteiger partial charge in [0.15, 0.2) is 6.23 Å². The van der Waals surface area contributed by atoms with Gasteiger partial charge in [-0.1, -0.05) is 15.9 Å². The number of imide groups is 1. The zero-order valence-corrected chi connectivity index (χ0v) is 15.4. The van der Waals surface area contributed by atoms with Crippen LogP contribution in [0.15, 0.2) is 0 Å². The predicted octanol–water partition coefficient (Wildman–Crippen LogP) is -0.380. The van der Waals surface area contributed by atoms with Crippen LogP contribution in [-0.2, 0) is 28.6 Å². The van der Waals surface area contributed by atoms with E-state index in [9.17, 15) is 24.3 Å². The molecule has 0 aromatic rings. The number of nitrogens with one attached hydrogen (secondary N) is 1. The van der Waals surface area contributed by atoms with Crippen molar-refractivity contribution in [3.05, 3.63) is 0 Å². The number of alkyl halides is 1. The number of rotatable bonds is 4. The number of aliphatic hydroxyl groups excluding tert-OH is 1. The highest BCUT2D eigenvalue weighted by Crippen LogP contribution is 2.34. The van der Waals surface area contributed by atoms with Gasteiger partial charge >= 0.3 is 18.0 Å². The second kappa shape index (κ2) is 7.26. The van der Waals surface area contributed by atoms with Gasteiger partial charge in [-0.3, -0.25) is 24.6 Å². The van der Waals surface area contributed by atoms with Crippen molar-refractivity contribution in [1.82, 2.24) is 10.2 Å². The molecule has 0 aromatic carbocycles. The minimum absolute atomic E-state index is 0.0489. The maximum atomic E-state index is 12.1. The fourth-order valence-electron chi connectivity index (χ4n) is 2.62. The lowest BCUT2D eigenvalue weighted by Gasteiger charge is -2.42. The fraction of sp³-hybridized carbons (Fsp3) is 0.714. The molecule has 140 valence electrons. The van der Waals surface area contributed by atoms with Crippen LogP contribution in [0.5, 0.6) is 0 Å². The molecule has 3 amide bonds. The maximum absolute atomic E-state index is 12.1. The summed E-state index contributed by atoms with van der Waals surface area (Å²) in [5.74, 6) is -1.79. The van der Waals surface area contributed by atoms with Crippen LogP contribution in [0.1, 0.15) is 27.2 Å². The Morgan fingerprint density at radius 3 is 2.60 bits per heavy atom. The summed E-state index contributed by atoms with van der Waals surface area (Å²) in [6.45, 7) is 3.66. The first-order valence-electron chi connectivity index (χ1n) is 7.50. The van der Waals surface area contributed by atoms with Crippen molar-refractivity contribution in [3.8, 4) is 0 Å². The van der Waals surface area contributed by atoms with E-state index in [1.807, 2.05) is 0 Å². The minimum Gasteiger partial charge on any atom is -0.463 e. The Balaban J connectivity index is 2.18. The van der Waals surface area contributed by atoms with Crippen molar-refractivity contribution in [3.63, 3.8) is 0 Å². The number of halogens is 1. The van der Waals surface area contributed by atoms with E-state index in [1.54, 1.807) is 0 Å². The van der Waals surface area contributed by atoms with E-state index in [-0.39, 0.29) is 13.0 Å². The molecule has 2 rings (SSSR count). The number of amides is 3. The van der Waals surface area contributed by atoms with Crippen molar-refractivity contribution >= 4 is 39.8 Å². The third-order valence-electron chi connectivity index (χ3n) is 3.91. The summed E-state index contributed by atoms with van der Waals surface area (Å²) in [6, 6.07) is -0.839. The number of urea groups is 1. The highest BCUT2D eigenvalue weighted by molar-refractivity contribution is 9.10. The first kappa shape index (κ1) is 19.6. The molecule has 0 spiro atoms. The number of esters is 2. The van der Waals surface area contributed by atoms with Gasteiger partial charge in [-0.25, -0.2) is 4.79 Å². The van der Waals surface area contributed by atoms with E-state index in [1.165, 1.54) is 20.8 Å². The SMILES string of the molecule is CC(=O)OC[C@H]1O[C@@H](N2C(=O)NC(=O)[C@](C)(Br)[C@H]2O)C[C@@H]1OC(C)=O. The third-order valence-corrected chi connectivity index (χ3v) is 4.68. The van der Waals surface area contributed by atoms with Crippen LogP contribution in [0.3, 0.4) is 0 Å².